The van der Waals surface area contributed by atoms with E-state index in [1.165, 1.54) is 12.1 Å². The fraction of sp³-hybridized carbons (Fsp3) is 0.278. The number of nitrogens with one attached hydrogen (secondary N) is 3. The molecule has 0 bridgehead atoms. The first-order valence-corrected chi connectivity index (χ1v) is 8.65. The molecule has 0 saturated carbocycles. The van der Waals surface area contributed by atoms with Crippen LogP contribution >= 0.6 is 24.0 Å². The van der Waals surface area contributed by atoms with Gasteiger partial charge < -0.3 is 16.0 Å². The summed E-state index contributed by atoms with van der Waals surface area (Å²) in [5, 5.41) is 20.8. The van der Waals surface area contributed by atoms with Crippen LogP contribution in [-0.4, -0.2) is 30.5 Å². The minimum absolute atomic E-state index is 0. The maximum absolute atomic E-state index is 12.1. The zero-order valence-corrected chi connectivity index (χ0v) is 16.4. The van der Waals surface area contributed by atoms with E-state index in [1.807, 2.05) is 25.1 Å². The Kier molecular flexibility index (Phi) is 9.56. The molecule has 0 aromatic heterocycles. The molecule has 1 amide bonds. The van der Waals surface area contributed by atoms with E-state index < -0.39 is 4.92 Å². The number of amides is 1. The van der Waals surface area contributed by atoms with Gasteiger partial charge in [-0.2, -0.15) is 0 Å². The summed E-state index contributed by atoms with van der Waals surface area (Å²) in [5.41, 5.74) is 1.25. The van der Waals surface area contributed by atoms with E-state index in [4.69, 9.17) is 11.6 Å². The molecule has 146 valence electrons. The molecule has 0 atom stereocenters. The van der Waals surface area contributed by atoms with Crippen molar-refractivity contribution in [2.45, 2.75) is 13.5 Å². The van der Waals surface area contributed by atoms with E-state index in [-0.39, 0.29) is 29.6 Å². The molecule has 0 aliphatic carbocycles. The Bertz CT molecular complexity index is 787. The fourth-order valence-electron chi connectivity index (χ4n) is 2.35. The van der Waals surface area contributed by atoms with Gasteiger partial charge in [-0.3, -0.25) is 14.9 Å². The second-order valence-corrected chi connectivity index (χ2v) is 5.95. The molecule has 0 unspecified atom stereocenters. The predicted octanol–water partition coefficient (Wildman–Crippen LogP) is 3.62. The van der Waals surface area contributed by atoms with E-state index >= 15 is 0 Å². The third kappa shape index (κ3) is 6.71. The van der Waals surface area contributed by atoms with E-state index in [2.05, 4.69) is 16.0 Å². The molecule has 0 aliphatic rings. The summed E-state index contributed by atoms with van der Waals surface area (Å²) in [6.07, 6.45) is 0. The number of nitrogens with zero attached hydrogens (tertiary/aromatic N) is 1. The van der Waals surface area contributed by atoms with Crippen molar-refractivity contribution in [3.8, 4) is 0 Å². The van der Waals surface area contributed by atoms with Crippen LogP contribution in [0.2, 0.25) is 5.02 Å². The summed E-state index contributed by atoms with van der Waals surface area (Å²) < 4.78 is 0. The first-order chi connectivity index (χ1) is 12.5. The molecule has 0 heterocycles. The van der Waals surface area contributed by atoms with Crippen molar-refractivity contribution in [3.63, 3.8) is 0 Å². The third-order valence-corrected chi connectivity index (χ3v) is 4.09. The Labute approximate surface area is 169 Å². The van der Waals surface area contributed by atoms with E-state index in [9.17, 15) is 14.9 Å². The number of likely N-dealkylation sites (N-methyl/N-ethyl adjacent to an activating group) is 1. The van der Waals surface area contributed by atoms with Crippen LogP contribution in [0.25, 0.3) is 0 Å². The Balaban J connectivity index is 0.00000364. The lowest BCUT2D eigenvalue weighted by molar-refractivity contribution is -0.384. The SMILES string of the molecule is CCNCCNC(=O)c1ccc(NCc2ccccc2Cl)c([N+](=O)[O-])c1.Cl. The first kappa shape index (κ1) is 22.7. The minimum Gasteiger partial charge on any atom is -0.375 e. The van der Waals surface area contributed by atoms with E-state index in [1.54, 1.807) is 12.1 Å². The molecule has 9 heteroatoms. The number of rotatable bonds is 9. The number of nitro benzene ring substituents is 1. The van der Waals surface area contributed by atoms with Gasteiger partial charge in [-0.1, -0.05) is 36.7 Å². The van der Waals surface area contributed by atoms with E-state index in [0.717, 1.165) is 12.1 Å². The van der Waals surface area contributed by atoms with Crippen molar-refractivity contribution >= 4 is 41.3 Å². The van der Waals surface area contributed by atoms with Gasteiger partial charge in [-0.15, -0.1) is 12.4 Å². The van der Waals surface area contributed by atoms with Crippen molar-refractivity contribution < 1.29 is 9.72 Å². The lowest BCUT2D eigenvalue weighted by atomic mass is 10.1. The van der Waals surface area contributed by atoms with Gasteiger partial charge in [-0.05, 0) is 30.3 Å². The molecule has 2 aromatic rings. The topological polar surface area (TPSA) is 96.3 Å². The molecule has 27 heavy (non-hydrogen) atoms. The zero-order valence-electron chi connectivity index (χ0n) is 14.8. The van der Waals surface area contributed by atoms with Crippen LogP contribution in [0.1, 0.15) is 22.8 Å². The van der Waals surface area contributed by atoms with Gasteiger partial charge in [-0.25, -0.2) is 0 Å². The Hall–Kier alpha value is -2.35. The number of hydrogen-bond acceptors (Lipinski definition) is 5. The van der Waals surface area contributed by atoms with Gasteiger partial charge in [0.15, 0.2) is 0 Å². The molecule has 0 aliphatic heterocycles. The highest BCUT2D eigenvalue weighted by molar-refractivity contribution is 6.31. The molecule has 2 aromatic carbocycles. The fourth-order valence-corrected chi connectivity index (χ4v) is 2.55. The second-order valence-electron chi connectivity index (χ2n) is 5.54. The van der Waals surface area contributed by atoms with Crippen LogP contribution in [0, 0.1) is 10.1 Å². The minimum atomic E-state index is -0.510. The Morgan fingerprint density at radius 1 is 1.19 bits per heavy atom. The molecule has 0 spiro atoms. The molecular weight excluding hydrogens is 391 g/mol. The quantitative estimate of drug-likeness (QED) is 0.332. The van der Waals surface area contributed by atoms with Gasteiger partial charge in [0.1, 0.15) is 5.69 Å². The van der Waals surface area contributed by atoms with Crippen LogP contribution in [0.3, 0.4) is 0 Å². The zero-order chi connectivity index (χ0) is 18.9. The van der Waals surface area contributed by atoms with Crippen LogP contribution in [0.4, 0.5) is 11.4 Å². The van der Waals surface area contributed by atoms with Crippen LogP contribution in [0.15, 0.2) is 42.5 Å². The average Bonchev–Trinajstić information content (AvgIpc) is 2.64. The highest BCUT2D eigenvalue weighted by atomic mass is 35.5. The highest BCUT2D eigenvalue weighted by Crippen LogP contribution is 2.27. The smallest absolute Gasteiger partial charge is 0.293 e. The second kappa shape index (κ2) is 11.4. The van der Waals surface area contributed by atoms with Crippen molar-refractivity contribution in [2.24, 2.45) is 0 Å². The van der Waals surface area contributed by atoms with Gasteiger partial charge in [0.25, 0.3) is 11.6 Å². The summed E-state index contributed by atoms with van der Waals surface area (Å²) in [4.78, 5) is 23.0. The normalized spacial score (nSPS) is 10.0. The third-order valence-electron chi connectivity index (χ3n) is 3.72. The summed E-state index contributed by atoms with van der Waals surface area (Å²) in [6, 6.07) is 11.6. The maximum atomic E-state index is 12.1. The monoisotopic (exact) mass is 412 g/mol. The molecule has 0 fully saturated rings. The van der Waals surface area contributed by atoms with Gasteiger partial charge >= 0.3 is 0 Å². The van der Waals surface area contributed by atoms with Crippen molar-refractivity contribution in [3.05, 3.63) is 68.7 Å². The number of nitro groups is 1. The number of hydrogen-bond donors (Lipinski definition) is 3. The van der Waals surface area contributed by atoms with Crippen LogP contribution in [-0.2, 0) is 6.54 Å². The van der Waals surface area contributed by atoms with Crippen molar-refractivity contribution in [2.75, 3.05) is 25.0 Å². The Morgan fingerprint density at radius 3 is 2.59 bits per heavy atom. The van der Waals surface area contributed by atoms with Crippen LogP contribution in [0.5, 0.6) is 0 Å². The van der Waals surface area contributed by atoms with E-state index in [0.29, 0.717) is 30.3 Å². The first-order valence-electron chi connectivity index (χ1n) is 8.27. The van der Waals surface area contributed by atoms with Crippen molar-refractivity contribution in [1.29, 1.82) is 0 Å². The number of halogens is 2. The van der Waals surface area contributed by atoms with Crippen LogP contribution < -0.4 is 16.0 Å². The summed E-state index contributed by atoms with van der Waals surface area (Å²) in [5.74, 6) is -0.344. The van der Waals surface area contributed by atoms with Gasteiger partial charge in [0, 0.05) is 36.3 Å². The molecular formula is C18H22Cl2N4O3. The number of benzene rings is 2. The van der Waals surface area contributed by atoms with Gasteiger partial charge in [0.05, 0.1) is 4.92 Å². The summed E-state index contributed by atoms with van der Waals surface area (Å²) >= 11 is 6.10. The largest absolute Gasteiger partial charge is 0.375 e. The molecule has 0 saturated heterocycles. The standard InChI is InChI=1S/C18H21ClN4O3.ClH/c1-2-20-9-10-21-18(24)13-7-8-16(17(11-13)23(25)26)22-12-14-5-3-4-6-15(14)19;/h3-8,11,20,22H,2,9-10,12H2,1H3,(H,21,24);1H. The average molecular weight is 413 g/mol. The molecule has 3 N–H and O–H groups in total. The molecule has 2 rings (SSSR count). The number of carbonyl (C=O) groups is 1. The lowest BCUT2D eigenvalue weighted by Crippen LogP contribution is -2.31. The van der Waals surface area contributed by atoms with Crippen molar-refractivity contribution in [1.82, 2.24) is 10.6 Å². The summed E-state index contributed by atoms with van der Waals surface area (Å²) in [7, 11) is 0. The Morgan fingerprint density at radius 2 is 1.93 bits per heavy atom. The number of anilines is 1. The summed E-state index contributed by atoms with van der Waals surface area (Å²) in [6.45, 7) is 4.22. The number of carbonyl (C=O) groups excluding carboxylic acids is 1. The molecule has 7 nitrogen and oxygen atoms in total. The predicted molar refractivity (Wildman–Crippen MR) is 110 cm³/mol. The molecule has 0 radical (unpaired) electrons. The lowest BCUT2D eigenvalue weighted by Gasteiger charge is -2.10. The van der Waals surface area contributed by atoms with Gasteiger partial charge in [0.2, 0.25) is 0 Å². The maximum Gasteiger partial charge on any atom is 0.293 e. The highest BCUT2D eigenvalue weighted by Gasteiger charge is 2.17.